The number of hydrogen-bond acceptors (Lipinski definition) is 3. The summed E-state index contributed by atoms with van der Waals surface area (Å²) < 4.78 is 5.40. The Morgan fingerprint density at radius 3 is 2.48 bits per heavy atom. The summed E-state index contributed by atoms with van der Waals surface area (Å²) in [5.41, 5.74) is 0.443. The van der Waals surface area contributed by atoms with E-state index in [1.54, 1.807) is 0 Å². The quantitative estimate of drug-likeness (QED) is 0.821. The Kier molecular flexibility index (Phi) is 4.69. The first-order valence-corrected chi connectivity index (χ1v) is 8.64. The molecule has 1 aromatic carbocycles. The summed E-state index contributed by atoms with van der Waals surface area (Å²) in [5.74, 6) is 0.148. The van der Waals surface area contributed by atoms with Crippen molar-refractivity contribution in [3.63, 3.8) is 0 Å². The van der Waals surface area contributed by atoms with Crippen molar-refractivity contribution in [2.45, 2.75) is 56.9 Å². The molecular weight excluding hydrogens is 290 g/mol. The molecule has 1 atom stereocenters. The van der Waals surface area contributed by atoms with Gasteiger partial charge in [0.25, 0.3) is 5.91 Å². The highest BCUT2D eigenvalue weighted by atomic mass is 16.5. The van der Waals surface area contributed by atoms with Gasteiger partial charge in [-0.3, -0.25) is 9.59 Å². The summed E-state index contributed by atoms with van der Waals surface area (Å²) in [7, 11) is 0. The van der Waals surface area contributed by atoms with Gasteiger partial charge in [-0.1, -0.05) is 43.2 Å². The fraction of sp³-hybridized carbons (Fsp3) is 0.579. The minimum Gasteiger partial charge on any atom is -0.455 e. The number of ether oxygens (including phenoxy) is 1. The third-order valence-corrected chi connectivity index (χ3v) is 5.23. The van der Waals surface area contributed by atoms with Crippen molar-refractivity contribution in [3.8, 4) is 0 Å². The number of nitrogens with one attached hydrogen (secondary N) is 1. The molecule has 0 spiro atoms. The first-order chi connectivity index (χ1) is 11.1. The Bertz CT molecular complexity index is 559. The first kappa shape index (κ1) is 16.0. The van der Waals surface area contributed by atoms with Crippen LogP contribution in [-0.2, 0) is 19.7 Å². The van der Waals surface area contributed by atoms with Crippen LogP contribution in [0, 0.1) is 5.92 Å². The molecule has 4 nitrogen and oxygen atoms in total. The minimum atomic E-state index is -0.566. The van der Waals surface area contributed by atoms with Crippen molar-refractivity contribution in [1.29, 1.82) is 0 Å². The molecule has 0 heterocycles. The Balaban J connectivity index is 1.60. The number of benzene rings is 1. The van der Waals surface area contributed by atoms with Gasteiger partial charge in [0.15, 0.2) is 6.61 Å². The van der Waals surface area contributed by atoms with Gasteiger partial charge in [-0.15, -0.1) is 0 Å². The molecule has 0 bridgehead atoms. The largest absolute Gasteiger partial charge is 0.455 e. The Morgan fingerprint density at radius 1 is 1.22 bits per heavy atom. The number of hydrogen-bond donors (Lipinski definition) is 1. The van der Waals surface area contributed by atoms with Gasteiger partial charge in [0.1, 0.15) is 0 Å². The highest BCUT2D eigenvalue weighted by molar-refractivity contribution is 5.86. The molecule has 3 rings (SSSR count). The van der Waals surface area contributed by atoms with Crippen molar-refractivity contribution < 1.29 is 14.3 Å². The molecule has 0 unspecified atom stereocenters. The van der Waals surface area contributed by atoms with E-state index in [4.69, 9.17) is 4.74 Å². The number of rotatable bonds is 6. The van der Waals surface area contributed by atoms with Crippen LogP contribution in [0.3, 0.4) is 0 Å². The lowest BCUT2D eigenvalue weighted by molar-refractivity contribution is -0.154. The topological polar surface area (TPSA) is 55.4 Å². The van der Waals surface area contributed by atoms with Crippen molar-refractivity contribution in [1.82, 2.24) is 5.32 Å². The van der Waals surface area contributed by atoms with Crippen LogP contribution in [0.4, 0.5) is 0 Å². The van der Waals surface area contributed by atoms with E-state index in [1.165, 1.54) is 12.8 Å². The average Bonchev–Trinajstić information content (AvgIpc) is 3.30. The number of carbonyl (C=O) groups excluding carboxylic acids is 2. The highest BCUT2D eigenvalue weighted by Crippen LogP contribution is 2.42. The molecule has 1 aromatic rings. The molecule has 1 amide bonds. The lowest BCUT2D eigenvalue weighted by Gasteiger charge is -2.27. The van der Waals surface area contributed by atoms with Crippen LogP contribution in [0.15, 0.2) is 30.3 Å². The normalized spacial score (nSPS) is 20.7. The van der Waals surface area contributed by atoms with Crippen LogP contribution in [-0.4, -0.2) is 24.5 Å². The van der Waals surface area contributed by atoms with Crippen LogP contribution < -0.4 is 5.32 Å². The summed E-state index contributed by atoms with van der Waals surface area (Å²) in [4.78, 5) is 24.7. The predicted octanol–water partition coefficient (Wildman–Crippen LogP) is 2.96. The SMILES string of the molecule is C[C@@H](NC(=O)COC(=O)C1(c2ccccc2)CCCC1)C1CC1. The molecule has 0 aliphatic heterocycles. The monoisotopic (exact) mass is 315 g/mol. The van der Waals surface area contributed by atoms with Crippen LogP contribution in [0.25, 0.3) is 0 Å². The second-order valence-corrected chi connectivity index (χ2v) is 6.92. The second-order valence-electron chi connectivity index (χ2n) is 6.92. The molecule has 23 heavy (non-hydrogen) atoms. The van der Waals surface area contributed by atoms with Gasteiger partial charge in [0, 0.05) is 6.04 Å². The molecule has 124 valence electrons. The third-order valence-electron chi connectivity index (χ3n) is 5.23. The molecule has 2 fully saturated rings. The van der Waals surface area contributed by atoms with Gasteiger partial charge in [0.2, 0.25) is 0 Å². The van der Waals surface area contributed by atoms with Crippen LogP contribution >= 0.6 is 0 Å². The first-order valence-electron chi connectivity index (χ1n) is 8.64. The minimum absolute atomic E-state index is 0.176. The van der Waals surface area contributed by atoms with Gasteiger partial charge in [-0.2, -0.15) is 0 Å². The van der Waals surface area contributed by atoms with E-state index in [1.807, 2.05) is 37.3 Å². The van der Waals surface area contributed by atoms with E-state index in [2.05, 4.69) is 5.32 Å². The molecule has 2 aliphatic carbocycles. The molecule has 2 aliphatic rings. The van der Waals surface area contributed by atoms with E-state index < -0.39 is 5.41 Å². The van der Waals surface area contributed by atoms with E-state index in [0.29, 0.717) is 5.92 Å². The average molecular weight is 315 g/mol. The zero-order valence-corrected chi connectivity index (χ0v) is 13.7. The van der Waals surface area contributed by atoms with Crippen molar-refractivity contribution >= 4 is 11.9 Å². The summed E-state index contributed by atoms with van der Waals surface area (Å²) in [6.45, 7) is 1.84. The van der Waals surface area contributed by atoms with Gasteiger partial charge in [-0.05, 0) is 44.1 Å². The number of esters is 1. The van der Waals surface area contributed by atoms with Gasteiger partial charge >= 0.3 is 5.97 Å². The zero-order valence-electron chi connectivity index (χ0n) is 13.7. The summed E-state index contributed by atoms with van der Waals surface area (Å²) >= 11 is 0. The smallest absolute Gasteiger partial charge is 0.317 e. The maximum atomic E-state index is 12.7. The Labute approximate surface area is 137 Å². The Hall–Kier alpha value is -1.84. The number of amides is 1. The predicted molar refractivity (Wildman–Crippen MR) is 87.9 cm³/mol. The fourth-order valence-electron chi connectivity index (χ4n) is 3.63. The molecule has 4 heteroatoms. The molecular formula is C19H25NO3. The fourth-order valence-corrected chi connectivity index (χ4v) is 3.63. The second kappa shape index (κ2) is 6.73. The van der Waals surface area contributed by atoms with Crippen LogP contribution in [0.5, 0.6) is 0 Å². The van der Waals surface area contributed by atoms with Gasteiger partial charge in [-0.25, -0.2) is 0 Å². The summed E-state index contributed by atoms with van der Waals surface area (Å²) in [6, 6.07) is 10.0. The van der Waals surface area contributed by atoms with Crippen molar-refractivity contribution in [2.75, 3.05) is 6.61 Å². The maximum absolute atomic E-state index is 12.7. The van der Waals surface area contributed by atoms with Crippen molar-refractivity contribution in [3.05, 3.63) is 35.9 Å². The van der Waals surface area contributed by atoms with E-state index in [-0.39, 0.29) is 24.5 Å². The van der Waals surface area contributed by atoms with E-state index >= 15 is 0 Å². The maximum Gasteiger partial charge on any atom is 0.317 e. The van der Waals surface area contributed by atoms with Crippen molar-refractivity contribution in [2.24, 2.45) is 5.92 Å². The van der Waals surface area contributed by atoms with E-state index in [0.717, 1.165) is 31.2 Å². The highest BCUT2D eigenvalue weighted by Gasteiger charge is 2.44. The van der Waals surface area contributed by atoms with Crippen LogP contribution in [0.1, 0.15) is 51.0 Å². The molecule has 2 saturated carbocycles. The molecule has 0 saturated heterocycles. The summed E-state index contributed by atoms with van der Waals surface area (Å²) in [6.07, 6.45) is 6.01. The zero-order chi connectivity index (χ0) is 16.3. The van der Waals surface area contributed by atoms with Gasteiger partial charge < -0.3 is 10.1 Å². The van der Waals surface area contributed by atoms with Gasteiger partial charge in [0.05, 0.1) is 5.41 Å². The molecule has 1 N–H and O–H groups in total. The molecule has 0 radical (unpaired) electrons. The standard InChI is InChI=1S/C19H25NO3/c1-14(15-9-10-15)20-17(21)13-23-18(22)19(11-5-6-12-19)16-7-3-2-4-8-16/h2-4,7-8,14-15H,5-6,9-13H2,1H3,(H,20,21)/t14-/m1/s1. The molecule has 0 aromatic heterocycles. The van der Waals surface area contributed by atoms with E-state index in [9.17, 15) is 9.59 Å². The summed E-state index contributed by atoms with van der Waals surface area (Å²) in [5, 5.41) is 2.92. The van der Waals surface area contributed by atoms with Crippen LogP contribution in [0.2, 0.25) is 0 Å². The third kappa shape index (κ3) is 3.57. The lowest BCUT2D eigenvalue weighted by atomic mass is 9.79. The number of carbonyl (C=O) groups is 2. The Morgan fingerprint density at radius 2 is 1.87 bits per heavy atom. The lowest BCUT2D eigenvalue weighted by Crippen LogP contribution is -2.40.